The molecule has 1 heterocycles. The molecule has 1 aromatic carbocycles. The molecule has 0 saturated heterocycles. The summed E-state index contributed by atoms with van der Waals surface area (Å²) in [7, 11) is 0. The molecule has 88 valence electrons. The maximum atomic E-state index is 10.9. The van der Waals surface area contributed by atoms with Gasteiger partial charge in [0.05, 0.1) is 11.3 Å². The van der Waals surface area contributed by atoms with Crippen LogP contribution in [0.25, 0.3) is 0 Å². The van der Waals surface area contributed by atoms with Crippen molar-refractivity contribution in [3.63, 3.8) is 0 Å². The van der Waals surface area contributed by atoms with E-state index in [1.165, 1.54) is 0 Å². The predicted molar refractivity (Wildman–Crippen MR) is 66.4 cm³/mol. The zero-order chi connectivity index (χ0) is 12.5. The summed E-state index contributed by atoms with van der Waals surface area (Å²) in [5.74, 6) is -0.754. The van der Waals surface area contributed by atoms with Crippen LogP contribution in [-0.2, 0) is 16.0 Å². The number of benzene rings is 1. The van der Waals surface area contributed by atoms with Gasteiger partial charge < -0.3 is 9.59 Å². The third-order valence-corrected chi connectivity index (χ3v) is 2.95. The molecule has 0 radical (unpaired) electrons. The Kier molecular flexibility index (Phi) is 2.92. The second kappa shape index (κ2) is 4.24. The summed E-state index contributed by atoms with van der Waals surface area (Å²) < 4.78 is 0. The molecule has 0 saturated carbocycles. The van der Waals surface area contributed by atoms with Crippen LogP contribution in [0.2, 0.25) is 0 Å². The Morgan fingerprint density at radius 1 is 1.24 bits per heavy atom. The largest absolute Gasteiger partial charge is 0.302 e. The van der Waals surface area contributed by atoms with Crippen LogP contribution < -0.4 is 0 Å². The van der Waals surface area contributed by atoms with Crippen LogP contribution in [0.1, 0.15) is 25.0 Å². The van der Waals surface area contributed by atoms with Gasteiger partial charge in [0.1, 0.15) is 18.5 Å². The maximum absolute atomic E-state index is 10.9. The molecule has 1 aliphatic heterocycles. The monoisotopic (exact) mass is 229 g/mol. The first kappa shape index (κ1) is 11.7. The average molecular weight is 229 g/mol. The average Bonchev–Trinajstić information content (AvgIpc) is 2.29. The fourth-order valence-corrected chi connectivity index (χ4v) is 2.23. The fourth-order valence-electron chi connectivity index (χ4n) is 2.23. The van der Waals surface area contributed by atoms with E-state index < -0.39 is 5.92 Å². The SMILES string of the molecule is CC1(C)Cc2ccccc2C(C(C=O)C=O)=N1. The molecule has 0 N–H and O–H groups in total. The first-order valence-corrected chi connectivity index (χ1v) is 5.66. The van der Waals surface area contributed by atoms with Crippen LogP contribution in [0.4, 0.5) is 0 Å². The maximum Gasteiger partial charge on any atom is 0.136 e. The molecule has 3 heteroatoms. The molecule has 0 spiro atoms. The fraction of sp³-hybridized carbons (Fsp3) is 0.357. The number of carbonyl (C=O) groups is 2. The van der Waals surface area contributed by atoms with Gasteiger partial charge in [-0.05, 0) is 31.4 Å². The smallest absolute Gasteiger partial charge is 0.136 e. The van der Waals surface area contributed by atoms with Gasteiger partial charge in [-0.1, -0.05) is 24.3 Å². The molecule has 2 rings (SSSR count). The van der Waals surface area contributed by atoms with Gasteiger partial charge in [0, 0.05) is 0 Å². The van der Waals surface area contributed by atoms with E-state index in [1.54, 1.807) is 0 Å². The van der Waals surface area contributed by atoms with Gasteiger partial charge in [-0.2, -0.15) is 0 Å². The van der Waals surface area contributed by atoms with Gasteiger partial charge >= 0.3 is 0 Å². The van der Waals surface area contributed by atoms with E-state index in [4.69, 9.17) is 0 Å². The number of aliphatic imine (C=N–C) groups is 1. The lowest BCUT2D eigenvalue weighted by molar-refractivity contribution is -0.116. The van der Waals surface area contributed by atoms with E-state index in [-0.39, 0.29) is 5.54 Å². The molecule has 0 atom stereocenters. The van der Waals surface area contributed by atoms with Gasteiger partial charge in [-0.15, -0.1) is 0 Å². The Labute approximate surface area is 101 Å². The summed E-state index contributed by atoms with van der Waals surface area (Å²) >= 11 is 0. The molecule has 0 aromatic heterocycles. The molecule has 0 amide bonds. The van der Waals surface area contributed by atoms with E-state index in [9.17, 15) is 9.59 Å². The third kappa shape index (κ3) is 2.18. The minimum absolute atomic E-state index is 0.256. The van der Waals surface area contributed by atoms with E-state index in [1.807, 2.05) is 38.1 Å². The van der Waals surface area contributed by atoms with Gasteiger partial charge in [-0.3, -0.25) is 4.99 Å². The Morgan fingerprint density at radius 3 is 2.53 bits per heavy atom. The molecule has 17 heavy (non-hydrogen) atoms. The summed E-state index contributed by atoms with van der Waals surface area (Å²) in [6.07, 6.45) is 2.14. The van der Waals surface area contributed by atoms with Crippen LogP contribution >= 0.6 is 0 Å². The van der Waals surface area contributed by atoms with Crippen LogP contribution in [0, 0.1) is 5.92 Å². The summed E-state index contributed by atoms with van der Waals surface area (Å²) in [4.78, 5) is 26.4. The Balaban J connectivity index is 2.57. The molecule has 0 unspecified atom stereocenters. The topological polar surface area (TPSA) is 46.5 Å². The number of rotatable bonds is 3. The quantitative estimate of drug-likeness (QED) is 0.586. The second-order valence-electron chi connectivity index (χ2n) is 4.94. The van der Waals surface area contributed by atoms with Crippen LogP contribution in [0.5, 0.6) is 0 Å². The lowest BCUT2D eigenvalue weighted by Crippen LogP contribution is -2.33. The minimum Gasteiger partial charge on any atom is -0.302 e. The number of carbonyl (C=O) groups excluding carboxylic acids is 2. The number of aldehydes is 2. The van der Waals surface area contributed by atoms with Crippen molar-refractivity contribution in [2.75, 3.05) is 0 Å². The van der Waals surface area contributed by atoms with E-state index >= 15 is 0 Å². The molecule has 0 aliphatic carbocycles. The molecule has 0 fully saturated rings. The normalized spacial score (nSPS) is 17.2. The van der Waals surface area contributed by atoms with Crippen molar-refractivity contribution in [3.05, 3.63) is 35.4 Å². The Bertz CT molecular complexity index is 481. The molecule has 0 bridgehead atoms. The molecule has 1 aliphatic rings. The van der Waals surface area contributed by atoms with E-state index in [0.29, 0.717) is 18.3 Å². The predicted octanol–water partition coefficient (Wildman–Crippen LogP) is 1.82. The van der Waals surface area contributed by atoms with Gasteiger partial charge in [0.25, 0.3) is 0 Å². The summed E-state index contributed by atoms with van der Waals surface area (Å²) in [5, 5.41) is 0. The highest BCUT2D eigenvalue weighted by atomic mass is 16.1. The molecular weight excluding hydrogens is 214 g/mol. The number of hydrogen-bond acceptors (Lipinski definition) is 3. The molecular formula is C14H15NO2. The highest BCUT2D eigenvalue weighted by molar-refractivity contribution is 6.18. The summed E-state index contributed by atoms with van der Waals surface area (Å²) in [5.41, 5.74) is 2.42. The molecule has 1 aromatic rings. The van der Waals surface area contributed by atoms with Crippen molar-refractivity contribution in [2.24, 2.45) is 10.9 Å². The van der Waals surface area contributed by atoms with Crippen molar-refractivity contribution in [2.45, 2.75) is 25.8 Å². The highest BCUT2D eigenvalue weighted by Crippen LogP contribution is 2.28. The van der Waals surface area contributed by atoms with Gasteiger partial charge in [0.15, 0.2) is 0 Å². The standard InChI is InChI=1S/C14H15NO2/c1-14(2)7-10-5-3-4-6-12(10)13(15-14)11(8-16)9-17/h3-6,8-9,11H,7H2,1-2H3. The zero-order valence-corrected chi connectivity index (χ0v) is 10.0. The minimum atomic E-state index is -0.754. The Hall–Kier alpha value is -1.77. The van der Waals surface area contributed by atoms with E-state index in [2.05, 4.69) is 4.99 Å². The van der Waals surface area contributed by atoms with Crippen molar-refractivity contribution in [1.82, 2.24) is 0 Å². The van der Waals surface area contributed by atoms with Gasteiger partial charge in [0.2, 0.25) is 0 Å². The Morgan fingerprint density at radius 2 is 1.88 bits per heavy atom. The van der Waals surface area contributed by atoms with Crippen molar-refractivity contribution >= 4 is 18.3 Å². The number of nitrogens with zero attached hydrogens (tertiary/aromatic N) is 1. The highest BCUT2D eigenvalue weighted by Gasteiger charge is 2.29. The first-order chi connectivity index (χ1) is 8.07. The number of fused-ring (bicyclic) bond motifs is 1. The third-order valence-electron chi connectivity index (χ3n) is 2.95. The second-order valence-corrected chi connectivity index (χ2v) is 4.94. The summed E-state index contributed by atoms with van der Waals surface area (Å²) in [6.45, 7) is 4.02. The first-order valence-electron chi connectivity index (χ1n) is 5.66. The summed E-state index contributed by atoms with van der Waals surface area (Å²) in [6, 6.07) is 7.82. The van der Waals surface area contributed by atoms with Crippen molar-refractivity contribution < 1.29 is 9.59 Å². The van der Waals surface area contributed by atoms with Crippen molar-refractivity contribution in [1.29, 1.82) is 0 Å². The van der Waals surface area contributed by atoms with Crippen LogP contribution in [0.15, 0.2) is 29.3 Å². The van der Waals surface area contributed by atoms with Crippen molar-refractivity contribution in [3.8, 4) is 0 Å². The molecule has 3 nitrogen and oxygen atoms in total. The van der Waals surface area contributed by atoms with Gasteiger partial charge in [-0.25, -0.2) is 0 Å². The zero-order valence-electron chi connectivity index (χ0n) is 10.0. The lowest BCUT2D eigenvalue weighted by Gasteiger charge is -2.29. The van der Waals surface area contributed by atoms with E-state index in [0.717, 1.165) is 17.5 Å². The van der Waals surface area contributed by atoms with Crippen LogP contribution in [0.3, 0.4) is 0 Å². The number of hydrogen-bond donors (Lipinski definition) is 0. The lowest BCUT2D eigenvalue weighted by atomic mass is 9.84. The van der Waals surface area contributed by atoms with Crippen LogP contribution in [-0.4, -0.2) is 23.8 Å².